The quantitative estimate of drug-likeness (QED) is 0.876. The summed E-state index contributed by atoms with van der Waals surface area (Å²) in [5, 5.41) is 8.94. The number of nitriles is 1. The predicted octanol–water partition coefficient (Wildman–Crippen LogP) is 1.49. The largest absolute Gasteiger partial charge is 0.495 e. The van der Waals surface area contributed by atoms with Crippen LogP contribution in [-0.2, 0) is 6.54 Å². The Morgan fingerprint density at radius 2 is 2.39 bits per heavy atom. The number of likely N-dealkylation sites (tertiary alicyclic amines) is 1. The Balaban J connectivity index is 2.07. The summed E-state index contributed by atoms with van der Waals surface area (Å²) in [6, 6.07) is 8.16. The zero-order valence-corrected chi connectivity index (χ0v) is 10.7. The van der Waals surface area contributed by atoms with E-state index < -0.39 is 0 Å². The van der Waals surface area contributed by atoms with Crippen molar-refractivity contribution >= 4 is 0 Å². The predicted molar refractivity (Wildman–Crippen MR) is 70.2 cm³/mol. The average Bonchev–Trinajstić information content (AvgIpc) is 2.38. The molecule has 96 valence electrons. The van der Waals surface area contributed by atoms with Crippen LogP contribution in [-0.4, -0.2) is 31.1 Å². The van der Waals surface area contributed by atoms with Crippen LogP contribution in [0.4, 0.5) is 0 Å². The number of hydrogen-bond donors (Lipinski definition) is 1. The van der Waals surface area contributed by atoms with E-state index in [2.05, 4.69) is 11.0 Å². The molecule has 1 aromatic rings. The third-order valence-electron chi connectivity index (χ3n) is 3.33. The van der Waals surface area contributed by atoms with E-state index in [-0.39, 0.29) is 0 Å². The molecular weight excluding hydrogens is 226 g/mol. The molecule has 1 fully saturated rings. The highest BCUT2D eigenvalue weighted by Gasteiger charge is 2.17. The zero-order valence-electron chi connectivity index (χ0n) is 10.7. The van der Waals surface area contributed by atoms with Gasteiger partial charge in [-0.05, 0) is 37.1 Å². The van der Waals surface area contributed by atoms with Crippen LogP contribution in [0.15, 0.2) is 18.2 Å². The first-order valence-corrected chi connectivity index (χ1v) is 6.28. The van der Waals surface area contributed by atoms with Gasteiger partial charge in [-0.2, -0.15) is 5.26 Å². The van der Waals surface area contributed by atoms with Crippen LogP contribution >= 0.6 is 0 Å². The highest BCUT2D eigenvalue weighted by molar-refractivity contribution is 5.45. The molecule has 0 radical (unpaired) electrons. The monoisotopic (exact) mass is 245 g/mol. The second kappa shape index (κ2) is 5.85. The molecule has 1 aliphatic heterocycles. The number of nitrogens with two attached hydrogens (primary N) is 1. The van der Waals surface area contributed by atoms with Gasteiger partial charge in [-0.3, -0.25) is 4.90 Å². The Bertz CT molecular complexity index is 453. The normalized spacial score (nSPS) is 20.4. The summed E-state index contributed by atoms with van der Waals surface area (Å²) in [7, 11) is 1.59. The lowest BCUT2D eigenvalue weighted by Crippen LogP contribution is -2.42. The molecule has 1 aliphatic rings. The fourth-order valence-electron chi connectivity index (χ4n) is 2.42. The molecule has 2 N–H and O–H groups in total. The van der Waals surface area contributed by atoms with E-state index in [4.69, 9.17) is 15.7 Å². The van der Waals surface area contributed by atoms with E-state index in [1.54, 1.807) is 7.11 Å². The molecule has 18 heavy (non-hydrogen) atoms. The van der Waals surface area contributed by atoms with Crippen molar-refractivity contribution in [3.8, 4) is 11.8 Å². The lowest BCUT2D eigenvalue weighted by Gasteiger charge is -2.30. The second-order valence-electron chi connectivity index (χ2n) is 4.78. The van der Waals surface area contributed by atoms with Crippen molar-refractivity contribution in [3.63, 3.8) is 0 Å². The number of hydrogen-bond acceptors (Lipinski definition) is 4. The number of ether oxygens (including phenoxy) is 1. The molecule has 0 bridgehead atoms. The van der Waals surface area contributed by atoms with Crippen molar-refractivity contribution in [3.05, 3.63) is 29.3 Å². The van der Waals surface area contributed by atoms with E-state index in [1.165, 1.54) is 5.56 Å². The van der Waals surface area contributed by atoms with Gasteiger partial charge in [0, 0.05) is 19.1 Å². The fourth-order valence-corrected chi connectivity index (χ4v) is 2.42. The molecule has 0 amide bonds. The highest BCUT2D eigenvalue weighted by atomic mass is 16.5. The second-order valence-corrected chi connectivity index (χ2v) is 4.78. The first-order chi connectivity index (χ1) is 8.72. The van der Waals surface area contributed by atoms with Gasteiger partial charge in [0.15, 0.2) is 0 Å². The molecule has 0 aliphatic carbocycles. The van der Waals surface area contributed by atoms with Crippen LogP contribution in [0.3, 0.4) is 0 Å². The zero-order chi connectivity index (χ0) is 13.0. The summed E-state index contributed by atoms with van der Waals surface area (Å²) >= 11 is 0. The molecule has 1 aromatic carbocycles. The molecule has 2 rings (SSSR count). The van der Waals surface area contributed by atoms with Gasteiger partial charge >= 0.3 is 0 Å². The number of nitrogens with zero attached hydrogens (tertiary/aromatic N) is 2. The first-order valence-electron chi connectivity index (χ1n) is 6.28. The maximum Gasteiger partial charge on any atom is 0.136 e. The fraction of sp³-hybridized carbons (Fsp3) is 0.500. The van der Waals surface area contributed by atoms with Gasteiger partial charge in [0.1, 0.15) is 11.8 Å². The van der Waals surface area contributed by atoms with Gasteiger partial charge in [0.25, 0.3) is 0 Å². The van der Waals surface area contributed by atoms with E-state index in [1.807, 2.05) is 18.2 Å². The molecular formula is C14H19N3O. The average molecular weight is 245 g/mol. The third-order valence-corrected chi connectivity index (χ3v) is 3.33. The number of rotatable bonds is 3. The summed E-state index contributed by atoms with van der Waals surface area (Å²) < 4.78 is 5.22. The maximum absolute atomic E-state index is 8.94. The summed E-state index contributed by atoms with van der Waals surface area (Å²) in [5.74, 6) is 0.649. The van der Waals surface area contributed by atoms with Gasteiger partial charge in [-0.25, -0.2) is 0 Å². The Kier molecular flexibility index (Phi) is 4.19. The highest BCUT2D eigenvalue weighted by Crippen LogP contribution is 2.21. The van der Waals surface area contributed by atoms with Gasteiger partial charge < -0.3 is 10.5 Å². The number of methoxy groups -OCH3 is 1. The van der Waals surface area contributed by atoms with Crippen LogP contribution in [0.2, 0.25) is 0 Å². The molecule has 4 nitrogen and oxygen atoms in total. The SMILES string of the molecule is COc1cc(CN2CCC[C@@H](N)C2)ccc1C#N. The first kappa shape index (κ1) is 12.9. The van der Waals surface area contributed by atoms with Gasteiger partial charge in [-0.1, -0.05) is 6.07 Å². The van der Waals surface area contributed by atoms with Crippen LogP contribution in [0, 0.1) is 11.3 Å². The van der Waals surface area contributed by atoms with Crippen LogP contribution in [0.25, 0.3) is 0 Å². The minimum Gasteiger partial charge on any atom is -0.495 e. The molecule has 1 saturated heterocycles. The standard InChI is InChI=1S/C14H19N3O/c1-18-14-7-11(4-5-12(14)8-15)9-17-6-2-3-13(16)10-17/h4-5,7,13H,2-3,6,9-10,16H2,1H3/t13-/m1/s1. The molecule has 0 unspecified atom stereocenters. The van der Waals surface area contributed by atoms with E-state index in [9.17, 15) is 0 Å². The van der Waals surface area contributed by atoms with Gasteiger partial charge in [0.05, 0.1) is 12.7 Å². The molecule has 0 aromatic heterocycles. The third kappa shape index (κ3) is 3.00. The summed E-state index contributed by atoms with van der Waals surface area (Å²) in [6.07, 6.45) is 2.28. The summed E-state index contributed by atoms with van der Waals surface area (Å²) in [6.45, 7) is 2.91. The summed E-state index contributed by atoms with van der Waals surface area (Å²) in [5.41, 5.74) is 7.72. The maximum atomic E-state index is 8.94. The van der Waals surface area contributed by atoms with E-state index >= 15 is 0 Å². The Morgan fingerprint density at radius 1 is 1.56 bits per heavy atom. The molecule has 1 heterocycles. The molecule has 4 heteroatoms. The van der Waals surface area contributed by atoms with Crippen LogP contribution < -0.4 is 10.5 Å². The lowest BCUT2D eigenvalue weighted by molar-refractivity contribution is 0.201. The Labute approximate surface area is 108 Å². The van der Waals surface area contributed by atoms with Crippen molar-refractivity contribution in [2.45, 2.75) is 25.4 Å². The van der Waals surface area contributed by atoms with Crippen molar-refractivity contribution in [2.24, 2.45) is 5.73 Å². The van der Waals surface area contributed by atoms with Crippen molar-refractivity contribution in [1.82, 2.24) is 4.90 Å². The van der Waals surface area contributed by atoms with E-state index in [0.717, 1.165) is 32.5 Å². The summed E-state index contributed by atoms with van der Waals surface area (Å²) in [4.78, 5) is 2.36. The molecule has 0 spiro atoms. The Hall–Kier alpha value is -1.57. The smallest absolute Gasteiger partial charge is 0.136 e. The molecule has 0 saturated carbocycles. The van der Waals surface area contributed by atoms with Crippen molar-refractivity contribution in [1.29, 1.82) is 5.26 Å². The van der Waals surface area contributed by atoms with Gasteiger partial charge in [-0.15, -0.1) is 0 Å². The van der Waals surface area contributed by atoms with Crippen LogP contribution in [0.5, 0.6) is 5.75 Å². The number of benzene rings is 1. The van der Waals surface area contributed by atoms with E-state index in [0.29, 0.717) is 17.4 Å². The van der Waals surface area contributed by atoms with Crippen molar-refractivity contribution < 1.29 is 4.74 Å². The minimum absolute atomic E-state index is 0.291. The van der Waals surface area contributed by atoms with Crippen LogP contribution in [0.1, 0.15) is 24.0 Å². The topological polar surface area (TPSA) is 62.3 Å². The minimum atomic E-state index is 0.291. The lowest BCUT2D eigenvalue weighted by atomic mass is 10.0. The number of piperidine rings is 1. The van der Waals surface area contributed by atoms with Gasteiger partial charge in [0.2, 0.25) is 0 Å². The molecule has 1 atom stereocenters. The van der Waals surface area contributed by atoms with Crippen molar-refractivity contribution in [2.75, 3.05) is 20.2 Å². The Morgan fingerprint density at radius 3 is 3.06 bits per heavy atom.